The van der Waals surface area contributed by atoms with Crippen LogP contribution >= 0.6 is 11.8 Å². The molecule has 1 aromatic carbocycles. The molecule has 3 rings (SSSR count). The lowest BCUT2D eigenvalue weighted by molar-refractivity contribution is -0.115. The molecule has 2 fully saturated rings. The second kappa shape index (κ2) is 6.15. The molecule has 1 N–H and O–H groups in total. The Labute approximate surface area is 128 Å². The van der Waals surface area contributed by atoms with E-state index in [0.29, 0.717) is 21.7 Å². The number of nitrogens with zero attached hydrogens (tertiary/aromatic N) is 2. The van der Waals surface area contributed by atoms with Gasteiger partial charge < -0.3 is 5.32 Å². The predicted molar refractivity (Wildman–Crippen MR) is 84.6 cm³/mol. The van der Waals surface area contributed by atoms with Crippen LogP contribution in [-0.2, 0) is 4.79 Å². The third-order valence-corrected chi connectivity index (χ3v) is 4.54. The molecule has 0 aromatic heterocycles. The van der Waals surface area contributed by atoms with Gasteiger partial charge in [-0.2, -0.15) is 5.26 Å². The van der Waals surface area contributed by atoms with E-state index in [1.165, 1.54) is 24.6 Å². The fourth-order valence-corrected chi connectivity index (χ4v) is 3.39. The average Bonchev–Trinajstić information content (AvgIpc) is 3.11. The van der Waals surface area contributed by atoms with Crippen molar-refractivity contribution in [2.45, 2.75) is 31.7 Å². The number of amidine groups is 1. The van der Waals surface area contributed by atoms with E-state index in [4.69, 9.17) is 5.26 Å². The van der Waals surface area contributed by atoms with Crippen LogP contribution in [0, 0.1) is 11.3 Å². The van der Waals surface area contributed by atoms with Gasteiger partial charge in [0.2, 0.25) is 0 Å². The molecule has 4 nitrogen and oxygen atoms in total. The number of hydrogen-bond donors (Lipinski definition) is 1. The number of carbonyl (C=O) groups is 1. The van der Waals surface area contributed by atoms with E-state index in [1.807, 2.05) is 18.2 Å². The third kappa shape index (κ3) is 3.34. The van der Waals surface area contributed by atoms with E-state index in [-0.39, 0.29) is 5.91 Å². The highest BCUT2D eigenvalue weighted by molar-refractivity contribution is 8.18. The Morgan fingerprint density at radius 3 is 2.67 bits per heavy atom. The normalized spacial score (nSPS) is 22.7. The first-order valence-corrected chi connectivity index (χ1v) is 7.85. The van der Waals surface area contributed by atoms with Crippen molar-refractivity contribution in [3.63, 3.8) is 0 Å². The number of aliphatic imine (C=N–C) groups is 1. The minimum atomic E-state index is -0.0962. The van der Waals surface area contributed by atoms with Crippen LogP contribution in [0.3, 0.4) is 0 Å². The molecule has 0 spiro atoms. The topological polar surface area (TPSA) is 65.2 Å². The van der Waals surface area contributed by atoms with Crippen LogP contribution in [0.15, 0.2) is 34.2 Å². The van der Waals surface area contributed by atoms with Gasteiger partial charge in [-0.3, -0.25) is 9.79 Å². The molecule has 0 bridgehead atoms. The third-order valence-electron chi connectivity index (χ3n) is 3.61. The molecule has 5 heteroatoms. The minimum Gasteiger partial charge on any atom is -0.301 e. The number of benzene rings is 1. The monoisotopic (exact) mass is 297 g/mol. The molecule has 1 aliphatic heterocycles. The molecule has 1 aliphatic carbocycles. The summed E-state index contributed by atoms with van der Waals surface area (Å²) >= 11 is 1.40. The smallest absolute Gasteiger partial charge is 0.264 e. The zero-order valence-electron chi connectivity index (χ0n) is 11.5. The zero-order valence-corrected chi connectivity index (χ0v) is 12.3. The van der Waals surface area contributed by atoms with Gasteiger partial charge in [-0.15, -0.1) is 0 Å². The highest BCUT2D eigenvalue weighted by atomic mass is 32.2. The highest BCUT2D eigenvalue weighted by Crippen LogP contribution is 2.28. The number of carbonyl (C=O) groups excluding carboxylic acids is 1. The van der Waals surface area contributed by atoms with Crippen LogP contribution < -0.4 is 5.32 Å². The number of nitriles is 1. The zero-order chi connectivity index (χ0) is 14.7. The van der Waals surface area contributed by atoms with Crippen LogP contribution in [-0.4, -0.2) is 17.1 Å². The predicted octanol–water partition coefficient (Wildman–Crippen LogP) is 3.06. The van der Waals surface area contributed by atoms with E-state index in [2.05, 4.69) is 16.4 Å². The van der Waals surface area contributed by atoms with Gasteiger partial charge in [0.05, 0.1) is 22.6 Å². The molecule has 2 aliphatic rings. The lowest BCUT2D eigenvalue weighted by atomic mass is 10.1. The maximum Gasteiger partial charge on any atom is 0.264 e. The van der Waals surface area contributed by atoms with Crippen molar-refractivity contribution in [2.24, 2.45) is 4.99 Å². The van der Waals surface area contributed by atoms with Gasteiger partial charge >= 0.3 is 0 Å². The van der Waals surface area contributed by atoms with Crippen molar-refractivity contribution in [3.8, 4) is 6.07 Å². The van der Waals surface area contributed by atoms with Crippen molar-refractivity contribution in [2.75, 3.05) is 0 Å². The van der Waals surface area contributed by atoms with Crippen molar-refractivity contribution < 1.29 is 4.79 Å². The second-order valence-electron chi connectivity index (χ2n) is 5.17. The Hall–Kier alpha value is -2.06. The van der Waals surface area contributed by atoms with Crippen molar-refractivity contribution >= 4 is 28.9 Å². The first-order chi connectivity index (χ1) is 10.2. The first-order valence-electron chi connectivity index (χ1n) is 7.03. The first kappa shape index (κ1) is 13.9. The molecule has 1 heterocycles. The summed E-state index contributed by atoms with van der Waals surface area (Å²) in [4.78, 5) is 17.2. The summed E-state index contributed by atoms with van der Waals surface area (Å²) in [5.74, 6) is -0.0962. The summed E-state index contributed by atoms with van der Waals surface area (Å²) in [5, 5.41) is 12.3. The molecule has 21 heavy (non-hydrogen) atoms. The van der Waals surface area contributed by atoms with E-state index in [0.717, 1.165) is 18.4 Å². The summed E-state index contributed by atoms with van der Waals surface area (Å²) < 4.78 is 0. The summed E-state index contributed by atoms with van der Waals surface area (Å²) in [6, 6.07) is 9.62. The molecule has 1 aromatic rings. The molecule has 1 saturated heterocycles. The summed E-state index contributed by atoms with van der Waals surface area (Å²) in [5.41, 5.74) is 1.53. The van der Waals surface area contributed by atoms with Gasteiger partial charge in [-0.1, -0.05) is 25.0 Å². The van der Waals surface area contributed by atoms with Crippen LogP contribution in [0.2, 0.25) is 0 Å². The van der Waals surface area contributed by atoms with E-state index in [1.54, 1.807) is 12.1 Å². The number of nitrogens with one attached hydrogen (secondary N) is 1. The SMILES string of the molecule is N#Cc1ccc(/C=C2\SC(=NC3CCCC3)NC2=O)cc1. The van der Waals surface area contributed by atoms with E-state index in [9.17, 15) is 4.79 Å². The van der Waals surface area contributed by atoms with Gasteiger partial charge in [0.1, 0.15) is 0 Å². The minimum absolute atomic E-state index is 0.0962. The Morgan fingerprint density at radius 1 is 1.29 bits per heavy atom. The molecule has 0 radical (unpaired) electrons. The summed E-state index contributed by atoms with van der Waals surface area (Å²) in [7, 11) is 0. The molecule has 0 unspecified atom stereocenters. The molecule has 1 saturated carbocycles. The van der Waals surface area contributed by atoms with Gasteiger partial charge in [-0.25, -0.2) is 0 Å². The number of amides is 1. The molecule has 1 amide bonds. The molecule has 106 valence electrons. The summed E-state index contributed by atoms with van der Waals surface area (Å²) in [6.45, 7) is 0. The molecular formula is C16H15N3OS. The Bertz CT molecular complexity index is 649. The molecule has 0 atom stereocenters. The fraction of sp³-hybridized carbons (Fsp3) is 0.312. The quantitative estimate of drug-likeness (QED) is 0.853. The number of thioether (sulfide) groups is 1. The van der Waals surface area contributed by atoms with Crippen molar-refractivity contribution in [1.29, 1.82) is 5.26 Å². The standard InChI is InChI=1S/C16H15N3OS/c17-10-12-7-5-11(6-8-12)9-14-15(20)19-16(21-14)18-13-3-1-2-4-13/h5-9,13H,1-4H2,(H,18,19,20)/b14-9-. The maximum atomic E-state index is 12.0. The lowest BCUT2D eigenvalue weighted by Gasteiger charge is -2.02. The van der Waals surface area contributed by atoms with Crippen molar-refractivity contribution in [1.82, 2.24) is 5.32 Å². The van der Waals surface area contributed by atoms with Crippen LogP contribution in [0.25, 0.3) is 6.08 Å². The lowest BCUT2D eigenvalue weighted by Crippen LogP contribution is -2.21. The van der Waals surface area contributed by atoms with Gasteiger partial charge in [0, 0.05) is 0 Å². The Balaban J connectivity index is 1.74. The largest absolute Gasteiger partial charge is 0.301 e. The van der Waals surface area contributed by atoms with Gasteiger partial charge in [-0.05, 0) is 48.4 Å². The maximum absolute atomic E-state index is 12.0. The van der Waals surface area contributed by atoms with Crippen LogP contribution in [0.1, 0.15) is 36.8 Å². The van der Waals surface area contributed by atoms with Gasteiger partial charge in [0.25, 0.3) is 5.91 Å². The van der Waals surface area contributed by atoms with E-state index < -0.39 is 0 Å². The fourth-order valence-electron chi connectivity index (χ4n) is 2.49. The molecular weight excluding hydrogens is 282 g/mol. The Kier molecular flexibility index (Phi) is 4.07. The number of hydrogen-bond acceptors (Lipinski definition) is 4. The van der Waals surface area contributed by atoms with Gasteiger partial charge in [0.15, 0.2) is 5.17 Å². The van der Waals surface area contributed by atoms with E-state index >= 15 is 0 Å². The van der Waals surface area contributed by atoms with Crippen molar-refractivity contribution in [3.05, 3.63) is 40.3 Å². The van der Waals surface area contributed by atoms with Crippen LogP contribution in [0.5, 0.6) is 0 Å². The number of rotatable bonds is 2. The second-order valence-corrected chi connectivity index (χ2v) is 6.20. The highest BCUT2D eigenvalue weighted by Gasteiger charge is 2.25. The summed E-state index contributed by atoms with van der Waals surface area (Å²) in [6.07, 6.45) is 6.53. The van der Waals surface area contributed by atoms with Crippen LogP contribution in [0.4, 0.5) is 0 Å². The Morgan fingerprint density at radius 2 is 2.00 bits per heavy atom. The average molecular weight is 297 g/mol.